The first-order chi connectivity index (χ1) is 10.1. The van der Waals surface area contributed by atoms with E-state index >= 15 is 0 Å². The van der Waals surface area contributed by atoms with Gasteiger partial charge in [-0.25, -0.2) is 0 Å². The van der Waals surface area contributed by atoms with Crippen molar-refractivity contribution in [3.05, 3.63) is 5.82 Å². The van der Waals surface area contributed by atoms with Crippen molar-refractivity contribution in [1.29, 1.82) is 0 Å². The highest BCUT2D eigenvalue weighted by molar-refractivity contribution is 7.99. The summed E-state index contributed by atoms with van der Waals surface area (Å²) in [7, 11) is 0. The summed E-state index contributed by atoms with van der Waals surface area (Å²) in [6.45, 7) is 4.30. The van der Waals surface area contributed by atoms with Crippen LogP contribution in [0.5, 0.6) is 0 Å². The molecule has 1 aromatic heterocycles. The highest BCUT2D eigenvalue weighted by Gasteiger charge is 2.31. The van der Waals surface area contributed by atoms with E-state index in [2.05, 4.69) is 33.9 Å². The SMILES string of the molecule is CC(C)n1c(SCC(=O)NC2CCCC2)nnc1C1CC1. The fraction of sp³-hybridized carbons (Fsp3) is 0.800. The molecule has 0 spiro atoms. The second-order valence-electron chi connectivity index (χ2n) is 6.42. The smallest absolute Gasteiger partial charge is 0.230 e. The van der Waals surface area contributed by atoms with E-state index in [1.165, 1.54) is 37.4 Å². The molecule has 0 unspecified atom stereocenters. The van der Waals surface area contributed by atoms with Gasteiger partial charge in [0.25, 0.3) is 0 Å². The molecule has 0 aromatic carbocycles. The van der Waals surface area contributed by atoms with Gasteiger partial charge < -0.3 is 9.88 Å². The molecule has 1 N–H and O–H groups in total. The number of hydrogen-bond donors (Lipinski definition) is 1. The quantitative estimate of drug-likeness (QED) is 0.821. The van der Waals surface area contributed by atoms with Crippen LogP contribution in [0.15, 0.2) is 5.16 Å². The molecule has 0 aliphatic heterocycles. The molecule has 2 aliphatic rings. The highest BCUT2D eigenvalue weighted by Crippen LogP contribution is 2.41. The Balaban J connectivity index is 1.58. The highest BCUT2D eigenvalue weighted by atomic mass is 32.2. The van der Waals surface area contributed by atoms with Gasteiger partial charge in [0.15, 0.2) is 5.16 Å². The lowest BCUT2D eigenvalue weighted by atomic mass is 10.2. The molecule has 1 amide bonds. The number of carbonyl (C=O) groups is 1. The van der Waals surface area contributed by atoms with Gasteiger partial charge in [-0.3, -0.25) is 4.79 Å². The summed E-state index contributed by atoms with van der Waals surface area (Å²) < 4.78 is 2.20. The minimum absolute atomic E-state index is 0.123. The van der Waals surface area contributed by atoms with E-state index in [-0.39, 0.29) is 5.91 Å². The maximum Gasteiger partial charge on any atom is 0.230 e. The first-order valence-electron chi connectivity index (χ1n) is 8.02. The molecule has 1 aromatic rings. The van der Waals surface area contributed by atoms with Crippen LogP contribution >= 0.6 is 11.8 Å². The lowest BCUT2D eigenvalue weighted by Gasteiger charge is -2.14. The van der Waals surface area contributed by atoms with Gasteiger partial charge in [-0.15, -0.1) is 10.2 Å². The average molecular weight is 308 g/mol. The van der Waals surface area contributed by atoms with Crippen LogP contribution in [0, 0.1) is 0 Å². The molecule has 2 saturated carbocycles. The molecule has 0 saturated heterocycles. The van der Waals surface area contributed by atoms with Gasteiger partial charge in [0.1, 0.15) is 5.82 Å². The van der Waals surface area contributed by atoms with Crippen LogP contribution < -0.4 is 5.32 Å². The predicted octanol–water partition coefficient (Wildman–Crippen LogP) is 2.89. The predicted molar refractivity (Wildman–Crippen MR) is 83.5 cm³/mol. The summed E-state index contributed by atoms with van der Waals surface area (Å²) in [5.74, 6) is 2.25. The van der Waals surface area contributed by atoms with Gasteiger partial charge >= 0.3 is 0 Å². The third kappa shape index (κ3) is 3.59. The molecule has 1 heterocycles. The van der Waals surface area contributed by atoms with Crippen LogP contribution in [0.2, 0.25) is 0 Å². The summed E-state index contributed by atoms with van der Waals surface area (Å²) in [6, 6.07) is 0.735. The van der Waals surface area contributed by atoms with Crippen LogP contribution in [0.1, 0.15) is 70.2 Å². The Bertz CT molecular complexity index is 504. The Morgan fingerprint density at radius 1 is 1.29 bits per heavy atom. The lowest BCUT2D eigenvalue weighted by Crippen LogP contribution is -2.33. The average Bonchev–Trinajstić information content (AvgIpc) is 2.99. The Hall–Kier alpha value is -1.04. The first-order valence-corrected chi connectivity index (χ1v) is 9.00. The van der Waals surface area contributed by atoms with E-state index < -0.39 is 0 Å². The van der Waals surface area contributed by atoms with Crippen molar-refractivity contribution in [2.75, 3.05) is 5.75 Å². The van der Waals surface area contributed by atoms with Gasteiger partial charge in [-0.05, 0) is 39.5 Å². The Labute approximate surface area is 130 Å². The van der Waals surface area contributed by atoms with E-state index in [0.29, 0.717) is 23.8 Å². The van der Waals surface area contributed by atoms with Gasteiger partial charge in [0, 0.05) is 18.0 Å². The third-order valence-electron chi connectivity index (χ3n) is 4.20. The van der Waals surface area contributed by atoms with E-state index in [1.54, 1.807) is 0 Å². The Kier molecular flexibility index (Phi) is 4.52. The zero-order valence-electron chi connectivity index (χ0n) is 12.8. The fourth-order valence-corrected chi connectivity index (χ4v) is 3.85. The molecule has 2 aliphatic carbocycles. The zero-order valence-corrected chi connectivity index (χ0v) is 13.7. The zero-order chi connectivity index (χ0) is 14.8. The Morgan fingerprint density at radius 3 is 2.62 bits per heavy atom. The molecular formula is C15H24N4OS. The summed E-state index contributed by atoms with van der Waals surface area (Å²) in [5.41, 5.74) is 0. The van der Waals surface area contributed by atoms with E-state index in [0.717, 1.165) is 23.8 Å². The largest absolute Gasteiger partial charge is 0.353 e. The standard InChI is InChI=1S/C15H24N4OS/c1-10(2)19-14(11-7-8-11)17-18-15(19)21-9-13(20)16-12-5-3-4-6-12/h10-12H,3-9H2,1-2H3,(H,16,20). The van der Waals surface area contributed by atoms with Crippen molar-refractivity contribution >= 4 is 17.7 Å². The lowest BCUT2D eigenvalue weighted by molar-refractivity contribution is -0.119. The van der Waals surface area contributed by atoms with Crippen molar-refractivity contribution in [3.63, 3.8) is 0 Å². The number of thioether (sulfide) groups is 1. The number of hydrogen-bond acceptors (Lipinski definition) is 4. The second-order valence-corrected chi connectivity index (χ2v) is 7.36. The third-order valence-corrected chi connectivity index (χ3v) is 5.15. The fourth-order valence-electron chi connectivity index (χ4n) is 2.96. The van der Waals surface area contributed by atoms with Crippen LogP contribution in [0.4, 0.5) is 0 Å². The molecule has 5 nitrogen and oxygen atoms in total. The molecule has 2 fully saturated rings. The van der Waals surface area contributed by atoms with Crippen LogP contribution in [-0.2, 0) is 4.79 Å². The van der Waals surface area contributed by atoms with Crippen molar-refractivity contribution in [3.8, 4) is 0 Å². The summed E-state index contributed by atoms with van der Waals surface area (Å²) in [6.07, 6.45) is 7.18. The number of nitrogens with zero attached hydrogens (tertiary/aromatic N) is 3. The normalized spacial score (nSPS) is 19.4. The van der Waals surface area contributed by atoms with Gasteiger partial charge in [-0.1, -0.05) is 24.6 Å². The van der Waals surface area contributed by atoms with Crippen LogP contribution in [0.25, 0.3) is 0 Å². The molecule has 0 radical (unpaired) electrons. The molecular weight excluding hydrogens is 284 g/mol. The van der Waals surface area contributed by atoms with Crippen LogP contribution in [0.3, 0.4) is 0 Å². The monoisotopic (exact) mass is 308 g/mol. The van der Waals surface area contributed by atoms with Crippen molar-refractivity contribution < 1.29 is 4.79 Å². The van der Waals surface area contributed by atoms with Crippen molar-refractivity contribution in [2.24, 2.45) is 0 Å². The van der Waals surface area contributed by atoms with Crippen molar-refractivity contribution in [1.82, 2.24) is 20.1 Å². The van der Waals surface area contributed by atoms with Gasteiger partial charge in [0.05, 0.1) is 5.75 Å². The summed E-state index contributed by atoms with van der Waals surface area (Å²) >= 11 is 1.51. The summed E-state index contributed by atoms with van der Waals surface area (Å²) in [4.78, 5) is 12.0. The minimum atomic E-state index is 0.123. The number of aromatic nitrogens is 3. The van der Waals surface area contributed by atoms with Crippen LogP contribution in [-0.4, -0.2) is 32.5 Å². The second kappa shape index (κ2) is 6.38. The Morgan fingerprint density at radius 2 is 2.00 bits per heavy atom. The molecule has 0 atom stereocenters. The van der Waals surface area contributed by atoms with Gasteiger partial charge in [-0.2, -0.15) is 0 Å². The molecule has 6 heteroatoms. The molecule has 21 heavy (non-hydrogen) atoms. The first kappa shape index (κ1) is 14.9. The maximum absolute atomic E-state index is 12.0. The number of amides is 1. The van der Waals surface area contributed by atoms with E-state index in [4.69, 9.17) is 0 Å². The molecule has 116 valence electrons. The topological polar surface area (TPSA) is 59.8 Å². The van der Waals surface area contributed by atoms with Crippen molar-refractivity contribution in [2.45, 2.75) is 75.5 Å². The van der Waals surface area contributed by atoms with E-state index in [9.17, 15) is 4.79 Å². The number of nitrogens with one attached hydrogen (secondary N) is 1. The maximum atomic E-state index is 12.0. The molecule has 0 bridgehead atoms. The molecule has 3 rings (SSSR count). The minimum Gasteiger partial charge on any atom is -0.353 e. The summed E-state index contributed by atoms with van der Waals surface area (Å²) in [5, 5.41) is 12.6. The number of rotatable bonds is 6. The van der Waals surface area contributed by atoms with E-state index in [1.807, 2.05) is 0 Å². The van der Waals surface area contributed by atoms with Gasteiger partial charge in [0.2, 0.25) is 5.91 Å². The number of carbonyl (C=O) groups excluding carboxylic acids is 1.